The minimum atomic E-state index is -0.150. The normalized spacial score (nSPS) is 16.5. The highest BCUT2D eigenvalue weighted by molar-refractivity contribution is 8.01. The lowest BCUT2D eigenvalue weighted by Crippen LogP contribution is -2.25. The monoisotopic (exact) mass is 312 g/mol. The largest absolute Gasteiger partial charge is 0.461 e. The lowest BCUT2D eigenvalue weighted by atomic mass is 10.1. The number of carbonyl (C=O) groups is 1. The van der Waals surface area contributed by atoms with E-state index in [0.717, 1.165) is 11.3 Å². The second-order valence-electron chi connectivity index (χ2n) is 4.89. The molecule has 1 atom stereocenters. The highest BCUT2D eigenvalue weighted by Crippen LogP contribution is 2.37. The maximum atomic E-state index is 12.3. The smallest absolute Gasteiger partial charge is 0.249 e. The van der Waals surface area contributed by atoms with Crippen LogP contribution in [-0.2, 0) is 11.2 Å². The third-order valence-electron chi connectivity index (χ3n) is 3.41. The molecule has 1 aromatic carbocycles. The minimum absolute atomic E-state index is 0.0915. The Labute approximate surface area is 130 Å². The number of hydrogen-bond acceptors (Lipinski definition) is 5. The SMILES string of the molecule is O=C(Nc1n[nH]c(-c2ccco2)n1)C1Cc2ccccc2S1. The van der Waals surface area contributed by atoms with E-state index in [1.807, 2.05) is 18.2 Å². The quantitative estimate of drug-likeness (QED) is 0.777. The summed E-state index contributed by atoms with van der Waals surface area (Å²) in [6.45, 7) is 0. The predicted molar refractivity (Wildman–Crippen MR) is 82.5 cm³/mol. The molecule has 1 unspecified atom stereocenters. The summed E-state index contributed by atoms with van der Waals surface area (Å²) in [6, 6.07) is 11.6. The number of aromatic amines is 1. The van der Waals surface area contributed by atoms with Crippen molar-refractivity contribution in [3.63, 3.8) is 0 Å². The third-order valence-corrected chi connectivity index (χ3v) is 4.73. The molecule has 4 rings (SSSR count). The van der Waals surface area contributed by atoms with E-state index in [9.17, 15) is 4.79 Å². The van der Waals surface area contributed by atoms with Gasteiger partial charge in [0.25, 0.3) is 0 Å². The Morgan fingerprint density at radius 2 is 2.23 bits per heavy atom. The first-order valence-corrected chi connectivity index (χ1v) is 7.69. The molecule has 0 radical (unpaired) electrons. The molecule has 0 bridgehead atoms. The number of aromatic nitrogens is 3. The van der Waals surface area contributed by atoms with Gasteiger partial charge in [-0.3, -0.25) is 15.2 Å². The molecular weight excluding hydrogens is 300 g/mol. The van der Waals surface area contributed by atoms with Gasteiger partial charge in [0.05, 0.1) is 11.5 Å². The fourth-order valence-electron chi connectivity index (χ4n) is 2.36. The molecule has 7 heteroatoms. The van der Waals surface area contributed by atoms with E-state index in [1.165, 1.54) is 5.56 Å². The van der Waals surface area contributed by atoms with Crippen molar-refractivity contribution in [3.05, 3.63) is 48.2 Å². The Kier molecular flexibility index (Phi) is 3.19. The van der Waals surface area contributed by atoms with Crippen LogP contribution in [-0.4, -0.2) is 26.3 Å². The highest BCUT2D eigenvalue weighted by Gasteiger charge is 2.28. The molecule has 6 nitrogen and oxygen atoms in total. The zero-order valence-electron chi connectivity index (χ0n) is 11.4. The van der Waals surface area contributed by atoms with Gasteiger partial charge in [0, 0.05) is 4.90 Å². The van der Waals surface area contributed by atoms with Crippen LogP contribution >= 0.6 is 11.8 Å². The van der Waals surface area contributed by atoms with Crippen LogP contribution < -0.4 is 5.32 Å². The van der Waals surface area contributed by atoms with Crippen LogP contribution in [0.3, 0.4) is 0 Å². The number of amides is 1. The van der Waals surface area contributed by atoms with Gasteiger partial charge in [0.1, 0.15) is 0 Å². The van der Waals surface area contributed by atoms with Crippen LogP contribution in [0.5, 0.6) is 0 Å². The van der Waals surface area contributed by atoms with Crippen LogP contribution in [0, 0.1) is 0 Å². The number of furan rings is 1. The first-order chi connectivity index (χ1) is 10.8. The summed E-state index contributed by atoms with van der Waals surface area (Å²) >= 11 is 1.57. The van der Waals surface area contributed by atoms with Gasteiger partial charge < -0.3 is 4.42 Å². The summed E-state index contributed by atoms with van der Waals surface area (Å²) in [5.74, 6) is 1.23. The zero-order valence-corrected chi connectivity index (χ0v) is 12.3. The van der Waals surface area contributed by atoms with Gasteiger partial charge in [0.2, 0.25) is 11.9 Å². The minimum Gasteiger partial charge on any atom is -0.461 e. The van der Waals surface area contributed by atoms with Gasteiger partial charge in [-0.15, -0.1) is 16.9 Å². The van der Waals surface area contributed by atoms with Crippen molar-refractivity contribution in [2.24, 2.45) is 0 Å². The van der Waals surface area contributed by atoms with Gasteiger partial charge in [-0.25, -0.2) is 0 Å². The average molecular weight is 312 g/mol. The molecule has 110 valence electrons. The van der Waals surface area contributed by atoms with Crippen LogP contribution in [0.4, 0.5) is 5.95 Å². The van der Waals surface area contributed by atoms with Crippen molar-refractivity contribution in [2.45, 2.75) is 16.6 Å². The number of benzene rings is 1. The molecule has 22 heavy (non-hydrogen) atoms. The summed E-state index contributed by atoms with van der Waals surface area (Å²) in [7, 11) is 0. The highest BCUT2D eigenvalue weighted by atomic mass is 32.2. The summed E-state index contributed by atoms with van der Waals surface area (Å²) < 4.78 is 5.23. The summed E-state index contributed by atoms with van der Waals surface area (Å²) in [4.78, 5) is 17.7. The van der Waals surface area contributed by atoms with Crippen molar-refractivity contribution in [3.8, 4) is 11.6 Å². The van der Waals surface area contributed by atoms with E-state index < -0.39 is 0 Å². The van der Waals surface area contributed by atoms with E-state index >= 15 is 0 Å². The van der Waals surface area contributed by atoms with Crippen LogP contribution in [0.25, 0.3) is 11.6 Å². The van der Waals surface area contributed by atoms with Crippen LogP contribution in [0.2, 0.25) is 0 Å². The number of hydrogen-bond donors (Lipinski definition) is 2. The number of thioether (sulfide) groups is 1. The number of H-pyrrole nitrogens is 1. The Bertz CT molecular complexity index is 788. The average Bonchev–Trinajstić information content (AvgIpc) is 3.26. The number of nitrogens with one attached hydrogen (secondary N) is 2. The predicted octanol–water partition coefficient (Wildman–Crippen LogP) is 2.72. The van der Waals surface area contributed by atoms with Gasteiger partial charge in [-0.1, -0.05) is 18.2 Å². The van der Waals surface area contributed by atoms with E-state index in [4.69, 9.17) is 4.42 Å². The molecule has 2 aromatic heterocycles. The number of rotatable bonds is 3. The van der Waals surface area contributed by atoms with Gasteiger partial charge in [-0.05, 0) is 30.2 Å². The molecule has 0 fully saturated rings. The van der Waals surface area contributed by atoms with E-state index in [-0.39, 0.29) is 17.1 Å². The maximum absolute atomic E-state index is 12.3. The second-order valence-corrected chi connectivity index (χ2v) is 6.14. The fraction of sp³-hybridized carbons (Fsp3) is 0.133. The number of nitrogens with zero attached hydrogens (tertiary/aromatic N) is 2. The third kappa shape index (κ3) is 2.39. The molecule has 0 aliphatic carbocycles. The number of anilines is 1. The number of carbonyl (C=O) groups excluding carboxylic acids is 1. The fourth-order valence-corrected chi connectivity index (χ4v) is 3.56. The molecule has 2 N–H and O–H groups in total. The van der Waals surface area contributed by atoms with Crippen molar-refractivity contribution in [1.29, 1.82) is 0 Å². The Balaban J connectivity index is 1.45. The molecule has 0 saturated heterocycles. The molecule has 1 aliphatic rings. The van der Waals surface area contributed by atoms with Crippen molar-refractivity contribution >= 4 is 23.6 Å². The molecule has 1 aliphatic heterocycles. The van der Waals surface area contributed by atoms with Crippen molar-refractivity contribution < 1.29 is 9.21 Å². The molecule has 0 spiro atoms. The van der Waals surface area contributed by atoms with Gasteiger partial charge in [0.15, 0.2) is 11.6 Å². The standard InChI is InChI=1S/C15H12N4O2S/c20-14(12-8-9-4-1-2-6-11(9)22-12)17-15-16-13(18-19-15)10-5-3-7-21-10/h1-7,12H,8H2,(H2,16,17,18,19,20). The summed E-state index contributed by atoms with van der Waals surface area (Å²) in [6.07, 6.45) is 2.28. The molecule has 3 aromatic rings. The van der Waals surface area contributed by atoms with E-state index in [1.54, 1.807) is 30.2 Å². The lowest BCUT2D eigenvalue weighted by molar-refractivity contribution is -0.115. The van der Waals surface area contributed by atoms with Crippen molar-refractivity contribution in [1.82, 2.24) is 15.2 Å². The molecule has 0 saturated carbocycles. The van der Waals surface area contributed by atoms with E-state index in [2.05, 4.69) is 26.6 Å². The van der Waals surface area contributed by atoms with Crippen LogP contribution in [0.15, 0.2) is 52.0 Å². The summed E-state index contributed by atoms with van der Waals surface area (Å²) in [5.41, 5.74) is 1.21. The maximum Gasteiger partial charge on any atom is 0.249 e. The lowest BCUT2D eigenvalue weighted by Gasteiger charge is -2.06. The van der Waals surface area contributed by atoms with Crippen molar-refractivity contribution in [2.75, 3.05) is 5.32 Å². The molecule has 3 heterocycles. The van der Waals surface area contributed by atoms with Crippen LogP contribution in [0.1, 0.15) is 5.56 Å². The molecule has 1 amide bonds. The molecular formula is C15H12N4O2S. The topological polar surface area (TPSA) is 83.8 Å². The summed E-state index contributed by atoms with van der Waals surface area (Å²) in [5, 5.41) is 9.34. The Morgan fingerprint density at radius 3 is 3.05 bits per heavy atom. The Morgan fingerprint density at radius 1 is 1.32 bits per heavy atom. The van der Waals surface area contributed by atoms with Gasteiger partial charge >= 0.3 is 0 Å². The first kappa shape index (κ1) is 13.1. The first-order valence-electron chi connectivity index (χ1n) is 6.81. The Hall–Kier alpha value is -2.54. The number of fused-ring (bicyclic) bond motifs is 1. The second kappa shape index (κ2) is 5.34. The van der Waals surface area contributed by atoms with Gasteiger partial charge in [-0.2, -0.15) is 4.98 Å². The zero-order chi connectivity index (χ0) is 14.9. The van der Waals surface area contributed by atoms with E-state index in [0.29, 0.717) is 11.6 Å².